The van der Waals surface area contributed by atoms with Gasteiger partial charge in [0.15, 0.2) is 5.78 Å². The Kier molecular flexibility index (Phi) is 4.10. The van der Waals surface area contributed by atoms with Gasteiger partial charge in [-0.2, -0.15) is 0 Å². The molecule has 3 aliphatic rings. The Balaban J connectivity index is 1.78. The minimum absolute atomic E-state index is 0.244. The van der Waals surface area contributed by atoms with E-state index >= 15 is 0 Å². The summed E-state index contributed by atoms with van der Waals surface area (Å²) in [5.74, 6) is 0.309. The van der Waals surface area contributed by atoms with E-state index in [1.807, 2.05) is 0 Å². The summed E-state index contributed by atoms with van der Waals surface area (Å²) in [5.41, 5.74) is -1.07. The SMILES string of the molecule is COC1CC[C@]2(CC1)C(=O)[C@@]1(CCC(OC)CC1)C2(Cl)Cl. The molecule has 3 aliphatic carbocycles. The van der Waals surface area contributed by atoms with Gasteiger partial charge >= 0.3 is 0 Å². The molecule has 3 fully saturated rings. The molecule has 3 nitrogen and oxygen atoms in total. The van der Waals surface area contributed by atoms with Crippen LogP contribution in [0.15, 0.2) is 0 Å². The van der Waals surface area contributed by atoms with E-state index in [1.54, 1.807) is 14.2 Å². The molecule has 0 saturated heterocycles. The molecule has 0 amide bonds. The van der Waals surface area contributed by atoms with Gasteiger partial charge in [0.25, 0.3) is 0 Å². The number of carbonyl (C=O) groups is 1. The molecule has 0 heterocycles. The number of alkyl halides is 2. The number of methoxy groups -OCH3 is 2. The van der Waals surface area contributed by atoms with E-state index < -0.39 is 15.2 Å². The maximum absolute atomic E-state index is 13.1. The zero-order valence-electron chi connectivity index (χ0n) is 12.8. The van der Waals surface area contributed by atoms with Crippen molar-refractivity contribution in [2.75, 3.05) is 14.2 Å². The number of hydrogen-bond acceptors (Lipinski definition) is 3. The molecule has 0 unspecified atom stereocenters. The molecule has 0 aliphatic heterocycles. The second kappa shape index (κ2) is 5.36. The van der Waals surface area contributed by atoms with Crippen LogP contribution in [0.5, 0.6) is 0 Å². The molecule has 0 aromatic heterocycles. The molecule has 0 atom stereocenters. The zero-order valence-corrected chi connectivity index (χ0v) is 14.3. The first kappa shape index (κ1) is 16.0. The Hall–Kier alpha value is 0.170. The van der Waals surface area contributed by atoms with E-state index in [-0.39, 0.29) is 12.2 Å². The molecule has 0 N–H and O–H groups in total. The molecule has 120 valence electrons. The lowest BCUT2D eigenvalue weighted by molar-refractivity contribution is -0.175. The van der Waals surface area contributed by atoms with Gasteiger partial charge in [0.2, 0.25) is 0 Å². The molecular weight excluding hydrogens is 311 g/mol. The van der Waals surface area contributed by atoms with Crippen molar-refractivity contribution in [3.63, 3.8) is 0 Å². The summed E-state index contributed by atoms with van der Waals surface area (Å²) in [6, 6.07) is 0. The van der Waals surface area contributed by atoms with Gasteiger partial charge in [-0.05, 0) is 51.4 Å². The molecular formula is C16H24Cl2O3. The van der Waals surface area contributed by atoms with E-state index in [0.717, 1.165) is 51.4 Å². The third kappa shape index (κ3) is 1.97. The highest BCUT2D eigenvalue weighted by Crippen LogP contribution is 2.73. The van der Waals surface area contributed by atoms with Crippen molar-refractivity contribution in [1.29, 1.82) is 0 Å². The van der Waals surface area contributed by atoms with Crippen molar-refractivity contribution in [3.05, 3.63) is 0 Å². The van der Waals surface area contributed by atoms with Crippen molar-refractivity contribution in [1.82, 2.24) is 0 Å². The van der Waals surface area contributed by atoms with Gasteiger partial charge in [-0.3, -0.25) is 4.79 Å². The standard InChI is InChI=1S/C16H24Cl2O3/c1-20-11-3-7-14(8-4-11)13(19)15(16(14,17)18)9-5-12(21-2)6-10-15/h11-12H,3-10H2,1-2H3/t11?,12?,14-,15-. The summed E-state index contributed by atoms with van der Waals surface area (Å²) in [5, 5.41) is 0. The van der Waals surface area contributed by atoms with Crippen LogP contribution in [0.1, 0.15) is 51.4 Å². The van der Waals surface area contributed by atoms with Crippen LogP contribution in [0.4, 0.5) is 0 Å². The fourth-order valence-corrected chi connectivity index (χ4v) is 5.96. The zero-order chi connectivity index (χ0) is 15.3. The third-order valence-corrected chi connectivity index (χ3v) is 7.76. The molecule has 3 rings (SSSR count). The molecule has 2 spiro atoms. The predicted octanol–water partition coefficient (Wildman–Crippen LogP) is 3.89. The quantitative estimate of drug-likeness (QED) is 0.718. The van der Waals surface area contributed by atoms with Crippen molar-refractivity contribution in [3.8, 4) is 0 Å². The van der Waals surface area contributed by atoms with Crippen LogP contribution in [0, 0.1) is 10.8 Å². The summed E-state index contributed by atoms with van der Waals surface area (Å²) in [6.07, 6.45) is 7.02. The molecule has 21 heavy (non-hydrogen) atoms. The van der Waals surface area contributed by atoms with E-state index in [0.29, 0.717) is 5.78 Å². The van der Waals surface area contributed by atoms with Crippen LogP contribution in [0.3, 0.4) is 0 Å². The Morgan fingerprint density at radius 3 is 1.43 bits per heavy atom. The second-order valence-corrected chi connectivity index (χ2v) is 8.27. The fourth-order valence-electron chi connectivity index (χ4n) is 4.86. The van der Waals surface area contributed by atoms with Gasteiger partial charge in [0, 0.05) is 14.2 Å². The minimum atomic E-state index is -0.922. The first-order chi connectivity index (χ1) is 9.93. The molecule has 3 saturated carbocycles. The van der Waals surface area contributed by atoms with Gasteiger partial charge in [-0.25, -0.2) is 0 Å². The van der Waals surface area contributed by atoms with Gasteiger partial charge in [-0.1, -0.05) is 23.2 Å². The predicted molar refractivity (Wildman–Crippen MR) is 82.8 cm³/mol. The first-order valence-corrected chi connectivity index (χ1v) is 8.67. The Morgan fingerprint density at radius 2 is 1.19 bits per heavy atom. The van der Waals surface area contributed by atoms with Crippen LogP contribution in [-0.4, -0.2) is 36.5 Å². The molecule has 5 heteroatoms. The average Bonchev–Trinajstić information content (AvgIpc) is 2.53. The highest BCUT2D eigenvalue weighted by Gasteiger charge is 2.79. The van der Waals surface area contributed by atoms with Crippen LogP contribution in [-0.2, 0) is 14.3 Å². The topological polar surface area (TPSA) is 35.5 Å². The van der Waals surface area contributed by atoms with E-state index in [2.05, 4.69) is 0 Å². The normalized spacial score (nSPS) is 45.8. The molecule has 0 bridgehead atoms. The van der Waals surface area contributed by atoms with Crippen molar-refractivity contribution >= 4 is 29.0 Å². The monoisotopic (exact) mass is 334 g/mol. The van der Waals surface area contributed by atoms with E-state index in [4.69, 9.17) is 32.7 Å². The van der Waals surface area contributed by atoms with Crippen LogP contribution < -0.4 is 0 Å². The fraction of sp³-hybridized carbons (Fsp3) is 0.938. The Labute approximate surface area is 136 Å². The Bertz CT molecular complexity index is 383. The number of ether oxygens (including phenoxy) is 2. The van der Waals surface area contributed by atoms with Crippen molar-refractivity contribution in [2.45, 2.75) is 67.9 Å². The smallest absolute Gasteiger partial charge is 0.151 e. The lowest BCUT2D eigenvalue weighted by Gasteiger charge is -2.66. The number of halogens is 2. The third-order valence-electron chi connectivity index (χ3n) is 6.31. The summed E-state index contributed by atoms with van der Waals surface area (Å²) in [4.78, 5) is 13.1. The summed E-state index contributed by atoms with van der Waals surface area (Å²) >= 11 is 13.6. The minimum Gasteiger partial charge on any atom is -0.381 e. The second-order valence-electron chi connectivity index (χ2n) is 6.94. The number of hydrogen-bond donors (Lipinski definition) is 0. The van der Waals surface area contributed by atoms with Crippen molar-refractivity contribution in [2.24, 2.45) is 10.8 Å². The summed E-state index contributed by atoms with van der Waals surface area (Å²) < 4.78 is 9.89. The number of rotatable bonds is 2. The van der Waals surface area contributed by atoms with Crippen LogP contribution >= 0.6 is 23.2 Å². The van der Waals surface area contributed by atoms with Gasteiger partial charge in [-0.15, -0.1) is 0 Å². The lowest BCUT2D eigenvalue weighted by Crippen LogP contribution is -2.74. The first-order valence-electron chi connectivity index (χ1n) is 7.92. The number of Topliss-reactive ketones (excluding diaryl/α,β-unsaturated/α-hetero) is 1. The van der Waals surface area contributed by atoms with Gasteiger partial charge < -0.3 is 9.47 Å². The lowest BCUT2D eigenvalue weighted by atomic mass is 9.43. The average molecular weight is 335 g/mol. The highest BCUT2D eigenvalue weighted by molar-refractivity contribution is 6.55. The summed E-state index contributed by atoms with van der Waals surface area (Å²) in [6.45, 7) is 0. The van der Waals surface area contributed by atoms with Crippen LogP contribution in [0.25, 0.3) is 0 Å². The Morgan fingerprint density at radius 1 is 0.857 bits per heavy atom. The van der Waals surface area contributed by atoms with Gasteiger partial charge in [0.05, 0.1) is 23.0 Å². The molecule has 0 radical (unpaired) electrons. The van der Waals surface area contributed by atoms with E-state index in [9.17, 15) is 4.79 Å². The van der Waals surface area contributed by atoms with Crippen molar-refractivity contribution < 1.29 is 14.3 Å². The summed E-state index contributed by atoms with van der Waals surface area (Å²) in [7, 11) is 3.46. The van der Waals surface area contributed by atoms with Gasteiger partial charge in [0.1, 0.15) is 4.33 Å². The maximum Gasteiger partial charge on any atom is 0.151 e. The van der Waals surface area contributed by atoms with E-state index in [1.165, 1.54) is 0 Å². The molecule has 0 aromatic carbocycles. The number of carbonyl (C=O) groups excluding carboxylic acids is 1. The molecule has 0 aromatic rings. The number of ketones is 1. The van der Waals surface area contributed by atoms with Crippen LogP contribution in [0.2, 0.25) is 0 Å². The highest BCUT2D eigenvalue weighted by atomic mass is 35.5. The maximum atomic E-state index is 13.1. The largest absolute Gasteiger partial charge is 0.381 e.